The quantitative estimate of drug-likeness (QED) is 0.593. The molecule has 12 heavy (non-hydrogen) atoms. The van der Waals surface area contributed by atoms with Crippen molar-refractivity contribution < 1.29 is 5.11 Å². The summed E-state index contributed by atoms with van der Waals surface area (Å²) in [6, 6.07) is 0. The fraction of sp³-hybridized carbons (Fsp3) is 0.818. The van der Waals surface area contributed by atoms with Crippen LogP contribution in [0, 0.1) is 17.3 Å². The van der Waals surface area contributed by atoms with Gasteiger partial charge in [0.25, 0.3) is 0 Å². The van der Waals surface area contributed by atoms with Gasteiger partial charge in [0, 0.05) is 0 Å². The number of aliphatic hydroxyl groups is 1. The SMILES string of the molecule is CC1(C)/C(=C\CO)C2CCC1C2. The highest BCUT2D eigenvalue weighted by Crippen LogP contribution is 2.58. The molecule has 2 aliphatic rings. The van der Waals surface area contributed by atoms with E-state index in [0.29, 0.717) is 5.41 Å². The summed E-state index contributed by atoms with van der Waals surface area (Å²) in [5.74, 6) is 1.69. The van der Waals surface area contributed by atoms with Crippen LogP contribution in [0.2, 0.25) is 0 Å². The lowest BCUT2D eigenvalue weighted by atomic mass is 9.73. The van der Waals surface area contributed by atoms with E-state index in [9.17, 15) is 0 Å². The maximum Gasteiger partial charge on any atom is 0.0615 e. The minimum absolute atomic E-state index is 0.224. The number of aliphatic hydroxyl groups excluding tert-OH is 1. The first-order valence-electron chi connectivity index (χ1n) is 4.97. The van der Waals surface area contributed by atoms with E-state index < -0.39 is 0 Å². The van der Waals surface area contributed by atoms with Crippen LogP contribution in [0.25, 0.3) is 0 Å². The summed E-state index contributed by atoms with van der Waals surface area (Å²) in [6.07, 6.45) is 6.18. The van der Waals surface area contributed by atoms with Crippen LogP contribution in [-0.2, 0) is 0 Å². The lowest BCUT2D eigenvalue weighted by molar-refractivity contribution is 0.280. The summed E-state index contributed by atoms with van der Waals surface area (Å²) in [5, 5.41) is 8.91. The summed E-state index contributed by atoms with van der Waals surface area (Å²) in [5.41, 5.74) is 1.91. The Labute approximate surface area is 74.5 Å². The number of hydrogen-bond donors (Lipinski definition) is 1. The summed E-state index contributed by atoms with van der Waals surface area (Å²) in [6.45, 7) is 4.89. The summed E-state index contributed by atoms with van der Waals surface area (Å²) < 4.78 is 0. The predicted octanol–water partition coefficient (Wildman–Crippen LogP) is 2.36. The topological polar surface area (TPSA) is 20.2 Å². The Morgan fingerprint density at radius 1 is 1.50 bits per heavy atom. The average molecular weight is 166 g/mol. The minimum Gasteiger partial charge on any atom is -0.392 e. The van der Waals surface area contributed by atoms with E-state index >= 15 is 0 Å². The first-order valence-corrected chi connectivity index (χ1v) is 4.97. The third-order valence-corrected chi connectivity index (χ3v) is 3.95. The molecule has 0 aliphatic heterocycles. The Morgan fingerprint density at radius 2 is 2.25 bits per heavy atom. The maximum atomic E-state index is 8.91. The molecule has 0 saturated heterocycles. The monoisotopic (exact) mass is 166 g/mol. The summed E-state index contributed by atoms with van der Waals surface area (Å²) in [7, 11) is 0. The zero-order valence-corrected chi connectivity index (χ0v) is 8.01. The Kier molecular flexibility index (Phi) is 1.80. The van der Waals surface area contributed by atoms with Gasteiger partial charge in [-0.2, -0.15) is 0 Å². The van der Waals surface area contributed by atoms with Gasteiger partial charge in [-0.25, -0.2) is 0 Å². The molecule has 0 spiro atoms. The highest BCUT2D eigenvalue weighted by Gasteiger charge is 2.48. The molecule has 1 heteroatoms. The normalized spacial score (nSPS) is 41.1. The van der Waals surface area contributed by atoms with Crippen molar-refractivity contribution in [3.05, 3.63) is 11.6 Å². The van der Waals surface area contributed by atoms with E-state index in [1.54, 1.807) is 0 Å². The van der Waals surface area contributed by atoms with Crippen molar-refractivity contribution in [3.8, 4) is 0 Å². The molecule has 0 aromatic rings. The van der Waals surface area contributed by atoms with Gasteiger partial charge in [0.15, 0.2) is 0 Å². The molecule has 0 radical (unpaired) electrons. The Hall–Kier alpha value is -0.300. The number of hydrogen-bond acceptors (Lipinski definition) is 1. The minimum atomic E-state index is 0.224. The molecule has 0 amide bonds. The van der Waals surface area contributed by atoms with Gasteiger partial charge in [0.05, 0.1) is 6.61 Å². The highest BCUT2D eigenvalue weighted by atomic mass is 16.2. The van der Waals surface area contributed by atoms with Gasteiger partial charge in [-0.15, -0.1) is 0 Å². The lowest BCUT2D eigenvalue weighted by Crippen LogP contribution is -2.23. The van der Waals surface area contributed by atoms with Crippen molar-refractivity contribution >= 4 is 0 Å². The first kappa shape index (κ1) is 8.31. The molecule has 0 aromatic carbocycles. The van der Waals surface area contributed by atoms with Gasteiger partial charge in [-0.1, -0.05) is 25.5 Å². The van der Waals surface area contributed by atoms with Gasteiger partial charge >= 0.3 is 0 Å². The molecule has 2 aliphatic carbocycles. The van der Waals surface area contributed by atoms with E-state index in [1.807, 2.05) is 6.08 Å². The molecule has 2 unspecified atom stereocenters. The zero-order valence-electron chi connectivity index (χ0n) is 8.01. The van der Waals surface area contributed by atoms with Crippen molar-refractivity contribution in [1.29, 1.82) is 0 Å². The van der Waals surface area contributed by atoms with Crippen LogP contribution in [0.5, 0.6) is 0 Å². The molecule has 2 atom stereocenters. The van der Waals surface area contributed by atoms with Gasteiger partial charge in [0.2, 0.25) is 0 Å². The van der Waals surface area contributed by atoms with Crippen LogP contribution in [-0.4, -0.2) is 11.7 Å². The number of rotatable bonds is 1. The molecule has 1 nitrogen and oxygen atoms in total. The van der Waals surface area contributed by atoms with Crippen molar-refractivity contribution in [2.24, 2.45) is 17.3 Å². The van der Waals surface area contributed by atoms with Crippen molar-refractivity contribution in [1.82, 2.24) is 0 Å². The van der Waals surface area contributed by atoms with Gasteiger partial charge in [-0.05, 0) is 36.5 Å². The molecular formula is C11H18O. The van der Waals surface area contributed by atoms with Crippen LogP contribution >= 0.6 is 0 Å². The zero-order chi connectivity index (χ0) is 8.77. The van der Waals surface area contributed by atoms with Crippen molar-refractivity contribution in [3.63, 3.8) is 0 Å². The molecule has 68 valence electrons. The molecule has 2 rings (SSSR count). The van der Waals surface area contributed by atoms with Crippen molar-refractivity contribution in [2.75, 3.05) is 6.61 Å². The van der Waals surface area contributed by atoms with E-state index in [2.05, 4.69) is 13.8 Å². The van der Waals surface area contributed by atoms with E-state index in [0.717, 1.165) is 11.8 Å². The molecule has 2 bridgehead atoms. The Bertz CT molecular complexity index is 215. The van der Waals surface area contributed by atoms with Gasteiger partial charge in [-0.3, -0.25) is 0 Å². The maximum absolute atomic E-state index is 8.91. The summed E-state index contributed by atoms with van der Waals surface area (Å²) in [4.78, 5) is 0. The molecule has 0 heterocycles. The molecule has 2 fully saturated rings. The third kappa shape index (κ3) is 0.957. The lowest BCUT2D eigenvalue weighted by Gasteiger charge is -2.32. The average Bonchev–Trinajstić information content (AvgIpc) is 2.53. The predicted molar refractivity (Wildman–Crippen MR) is 49.8 cm³/mol. The van der Waals surface area contributed by atoms with E-state index in [4.69, 9.17) is 5.11 Å². The summed E-state index contributed by atoms with van der Waals surface area (Å²) >= 11 is 0. The van der Waals surface area contributed by atoms with Gasteiger partial charge < -0.3 is 5.11 Å². The fourth-order valence-corrected chi connectivity index (χ4v) is 3.21. The third-order valence-electron chi connectivity index (χ3n) is 3.95. The second-order valence-electron chi connectivity index (χ2n) is 4.77. The second kappa shape index (κ2) is 2.59. The Balaban J connectivity index is 2.29. The molecule has 2 saturated carbocycles. The molecular weight excluding hydrogens is 148 g/mol. The van der Waals surface area contributed by atoms with Crippen LogP contribution in [0.15, 0.2) is 11.6 Å². The Morgan fingerprint density at radius 3 is 2.75 bits per heavy atom. The second-order valence-corrected chi connectivity index (χ2v) is 4.77. The standard InChI is InChI=1S/C11H18O/c1-11(2)9-4-3-8(7-9)10(11)5-6-12/h5,8-9,12H,3-4,6-7H2,1-2H3/b10-5-. The molecule has 1 N–H and O–H groups in total. The van der Waals surface area contributed by atoms with E-state index in [1.165, 1.54) is 24.8 Å². The molecule has 0 aromatic heterocycles. The number of fused-ring (bicyclic) bond motifs is 2. The fourth-order valence-electron chi connectivity index (χ4n) is 3.21. The van der Waals surface area contributed by atoms with E-state index in [-0.39, 0.29) is 6.61 Å². The van der Waals surface area contributed by atoms with Crippen LogP contribution in [0.4, 0.5) is 0 Å². The van der Waals surface area contributed by atoms with Crippen molar-refractivity contribution in [2.45, 2.75) is 33.1 Å². The van der Waals surface area contributed by atoms with Crippen LogP contribution < -0.4 is 0 Å². The van der Waals surface area contributed by atoms with Crippen LogP contribution in [0.1, 0.15) is 33.1 Å². The number of allylic oxidation sites excluding steroid dienone is 1. The van der Waals surface area contributed by atoms with Gasteiger partial charge in [0.1, 0.15) is 0 Å². The first-order chi connectivity index (χ1) is 5.66. The largest absolute Gasteiger partial charge is 0.392 e. The smallest absolute Gasteiger partial charge is 0.0615 e. The van der Waals surface area contributed by atoms with Crippen LogP contribution in [0.3, 0.4) is 0 Å². The highest BCUT2D eigenvalue weighted by molar-refractivity contribution is 5.25.